The van der Waals surface area contributed by atoms with E-state index in [9.17, 15) is 4.79 Å². The Hall–Kier alpha value is -1.72. The highest BCUT2D eigenvalue weighted by Crippen LogP contribution is 2.34. The van der Waals surface area contributed by atoms with E-state index in [4.69, 9.17) is 0 Å². The summed E-state index contributed by atoms with van der Waals surface area (Å²) in [5.41, 5.74) is 2.90. The maximum absolute atomic E-state index is 12.1. The van der Waals surface area contributed by atoms with Crippen LogP contribution in [0.2, 0.25) is 0 Å². The lowest BCUT2D eigenvalue weighted by atomic mass is 10.1. The van der Waals surface area contributed by atoms with Crippen LogP contribution in [0.4, 0.5) is 5.69 Å². The fourth-order valence-electron chi connectivity index (χ4n) is 2.38. The van der Waals surface area contributed by atoms with Crippen LogP contribution < -0.4 is 10.6 Å². The van der Waals surface area contributed by atoms with Gasteiger partial charge in [0, 0.05) is 34.2 Å². The number of anilines is 1. The summed E-state index contributed by atoms with van der Waals surface area (Å²) in [5.74, 6) is -0.0196. The third-order valence-electron chi connectivity index (χ3n) is 3.45. The predicted molar refractivity (Wildman–Crippen MR) is 81.3 cm³/mol. The van der Waals surface area contributed by atoms with Crippen LogP contribution in [-0.4, -0.2) is 10.9 Å². The molecule has 4 nitrogen and oxygen atoms in total. The Kier molecular flexibility index (Phi) is 3.54. The fraction of sp³-hybridized carbons (Fsp3) is 0.200. The fourth-order valence-corrected chi connectivity index (χ4v) is 2.74. The first-order chi connectivity index (χ1) is 9.65. The van der Waals surface area contributed by atoms with Gasteiger partial charge in [-0.05, 0) is 30.7 Å². The van der Waals surface area contributed by atoms with E-state index in [-0.39, 0.29) is 18.0 Å². The van der Waals surface area contributed by atoms with Gasteiger partial charge in [0.05, 0.1) is 0 Å². The Morgan fingerprint density at radius 1 is 1.40 bits per heavy atom. The summed E-state index contributed by atoms with van der Waals surface area (Å²) in [5, 5.41) is 6.25. The van der Waals surface area contributed by atoms with E-state index >= 15 is 0 Å². The Morgan fingerprint density at radius 3 is 3.00 bits per heavy atom. The number of fused-ring (bicyclic) bond motifs is 1. The molecular formula is C15H14BrN3O. The Morgan fingerprint density at radius 2 is 2.25 bits per heavy atom. The van der Waals surface area contributed by atoms with Gasteiger partial charge < -0.3 is 5.32 Å². The zero-order chi connectivity index (χ0) is 14.1. The van der Waals surface area contributed by atoms with Gasteiger partial charge in [0.15, 0.2) is 0 Å². The molecule has 2 unspecified atom stereocenters. The van der Waals surface area contributed by atoms with Crippen LogP contribution in [0.5, 0.6) is 0 Å². The van der Waals surface area contributed by atoms with E-state index in [1.807, 2.05) is 43.5 Å². The van der Waals surface area contributed by atoms with Crippen molar-refractivity contribution in [3.05, 3.63) is 58.3 Å². The van der Waals surface area contributed by atoms with Crippen molar-refractivity contribution in [2.75, 3.05) is 5.32 Å². The number of halogens is 1. The highest BCUT2D eigenvalue weighted by atomic mass is 79.9. The van der Waals surface area contributed by atoms with Gasteiger partial charge >= 0.3 is 0 Å². The molecule has 2 atom stereocenters. The summed E-state index contributed by atoms with van der Waals surface area (Å²) in [6.45, 7) is 2.03. The van der Waals surface area contributed by atoms with Crippen molar-refractivity contribution < 1.29 is 4.79 Å². The number of carbonyl (C=O) groups is 1. The number of carbonyl (C=O) groups excluding carboxylic acids is 1. The second-order valence-electron chi connectivity index (χ2n) is 4.83. The molecule has 1 aromatic heterocycles. The minimum Gasteiger partial charge on any atom is -0.324 e. The van der Waals surface area contributed by atoms with Crippen LogP contribution in [-0.2, 0) is 4.79 Å². The normalized spacial score (nSPS) is 18.5. The molecule has 0 radical (unpaired) electrons. The first kappa shape index (κ1) is 13.3. The van der Waals surface area contributed by atoms with Gasteiger partial charge in [-0.15, -0.1) is 0 Å². The summed E-state index contributed by atoms with van der Waals surface area (Å²) >= 11 is 3.41. The molecule has 0 spiro atoms. The summed E-state index contributed by atoms with van der Waals surface area (Å²) < 4.78 is 0.956. The third kappa shape index (κ3) is 2.46. The van der Waals surface area contributed by atoms with Crippen molar-refractivity contribution in [2.45, 2.75) is 19.0 Å². The predicted octanol–water partition coefficient (Wildman–Crippen LogP) is 3.19. The molecule has 1 aromatic carbocycles. The Labute approximate surface area is 125 Å². The van der Waals surface area contributed by atoms with Crippen LogP contribution in [0.1, 0.15) is 30.1 Å². The van der Waals surface area contributed by atoms with Gasteiger partial charge in [0.25, 0.3) is 0 Å². The second-order valence-corrected chi connectivity index (χ2v) is 5.74. The first-order valence-corrected chi connectivity index (χ1v) is 7.21. The zero-order valence-electron chi connectivity index (χ0n) is 10.9. The number of benzene rings is 1. The van der Waals surface area contributed by atoms with Crippen LogP contribution in [0.3, 0.4) is 0 Å². The number of nitrogens with one attached hydrogen (secondary N) is 2. The van der Waals surface area contributed by atoms with Crippen molar-refractivity contribution in [3.8, 4) is 0 Å². The number of aromatic nitrogens is 1. The van der Waals surface area contributed by atoms with Gasteiger partial charge in [-0.3, -0.25) is 15.1 Å². The maximum atomic E-state index is 12.1. The van der Waals surface area contributed by atoms with Crippen LogP contribution in [0, 0.1) is 0 Å². The molecule has 2 N–H and O–H groups in total. The molecule has 1 aliphatic heterocycles. The van der Waals surface area contributed by atoms with Crippen LogP contribution >= 0.6 is 15.9 Å². The zero-order valence-corrected chi connectivity index (χ0v) is 12.5. The lowest BCUT2D eigenvalue weighted by Crippen LogP contribution is -2.29. The van der Waals surface area contributed by atoms with Gasteiger partial charge in [-0.2, -0.15) is 0 Å². The highest BCUT2D eigenvalue weighted by Gasteiger charge is 2.31. The van der Waals surface area contributed by atoms with Crippen LogP contribution in [0.15, 0.2) is 47.2 Å². The van der Waals surface area contributed by atoms with Gasteiger partial charge in [-0.25, -0.2) is 0 Å². The largest absolute Gasteiger partial charge is 0.324 e. The SMILES string of the molecule is CC(NC1C(=O)Nc2cc(Br)ccc21)c1cccnc1. The van der Waals surface area contributed by atoms with E-state index in [0.717, 1.165) is 21.3 Å². The molecule has 102 valence electrons. The molecule has 0 saturated heterocycles. The van der Waals surface area contributed by atoms with E-state index in [2.05, 4.69) is 31.5 Å². The standard InChI is InChI=1S/C15H14BrN3O/c1-9(10-3-2-6-17-8-10)18-14-12-5-4-11(16)7-13(12)19-15(14)20/h2-9,14,18H,1H3,(H,19,20). The Balaban J connectivity index is 1.84. The van der Waals surface area contributed by atoms with E-state index in [1.54, 1.807) is 6.20 Å². The quantitative estimate of drug-likeness (QED) is 0.908. The lowest BCUT2D eigenvalue weighted by molar-refractivity contribution is -0.117. The highest BCUT2D eigenvalue weighted by molar-refractivity contribution is 9.10. The van der Waals surface area contributed by atoms with Crippen molar-refractivity contribution >= 4 is 27.5 Å². The third-order valence-corrected chi connectivity index (χ3v) is 3.94. The number of hydrogen-bond donors (Lipinski definition) is 2. The van der Waals surface area contributed by atoms with E-state index in [1.165, 1.54) is 0 Å². The molecule has 2 aromatic rings. The molecule has 0 aliphatic carbocycles. The monoisotopic (exact) mass is 331 g/mol. The van der Waals surface area contributed by atoms with E-state index in [0.29, 0.717) is 0 Å². The smallest absolute Gasteiger partial charge is 0.246 e. The van der Waals surface area contributed by atoms with Crippen molar-refractivity contribution in [2.24, 2.45) is 0 Å². The molecule has 2 heterocycles. The molecule has 3 rings (SSSR count). The molecule has 0 bridgehead atoms. The van der Waals surface area contributed by atoms with Crippen molar-refractivity contribution in [1.82, 2.24) is 10.3 Å². The molecule has 0 saturated carbocycles. The molecule has 0 fully saturated rings. The number of pyridine rings is 1. The summed E-state index contributed by atoms with van der Waals surface area (Å²) in [7, 11) is 0. The van der Waals surface area contributed by atoms with Gasteiger partial charge in [-0.1, -0.05) is 28.1 Å². The summed E-state index contributed by atoms with van der Waals surface area (Å²) in [6, 6.07) is 9.45. The molecule has 1 aliphatic rings. The molecule has 20 heavy (non-hydrogen) atoms. The van der Waals surface area contributed by atoms with Gasteiger partial charge in [0.1, 0.15) is 6.04 Å². The lowest BCUT2D eigenvalue weighted by Gasteiger charge is -2.18. The minimum absolute atomic E-state index is 0.0196. The maximum Gasteiger partial charge on any atom is 0.246 e. The summed E-state index contributed by atoms with van der Waals surface area (Å²) in [6.07, 6.45) is 3.55. The number of amides is 1. The average molecular weight is 332 g/mol. The van der Waals surface area contributed by atoms with Crippen molar-refractivity contribution in [3.63, 3.8) is 0 Å². The number of nitrogens with zero attached hydrogens (tertiary/aromatic N) is 1. The first-order valence-electron chi connectivity index (χ1n) is 6.41. The molecule has 1 amide bonds. The number of rotatable bonds is 3. The minimum atomic E-state index is -0.326. The van der Waals surface area contributed by atoms with E-state index < -0.39 is 0 Å². The molecule has 5 heteroatoms. The van der Waals surface area contributed by atoms with Gasteiger partial charge in [0.2, 0.25) is 5.91 Å². The average Bonchev–Trinajstić information content (AvgIpc) is 2.75. The topological polar surface area (TPSA) is 54.0 Å². The summed E-state index contributed by atoms with van der Waals surface area (Å²) in [4.78, 5) is 16.2. The van der Waals surface area contributed by atoms with Crippen LogP contribution in [0.25, 0.3) is 0 Å². The number of hydrogen-bond acceptors (Lipinski definition) is 3. The molecular weight excluding hydrogens is 318 g/mol. The second kappa shape index (κ2) is 5.34. The van der Waals surface area contributed by atoms with Crippen molar-refractivity contribution in [1.29, 1.82) is 0 Å². The Bertz CT molecular complexity index is 645.